The summed E-state index contributed by atoms with van der Waals surface area (Å²) in [6.45, 7) is 2.16. The number of hydrogen-bond donors (Lipinski definition) is 0. The number of pyridine rings is 1. The van der Waals surface area contributed by atoms with E-state index in [1.807, 2.05) is 12.4 Å². The summed E-state index contributed by atoms with van der Waals surface area (Å²) in [5, 5.41) is 0.435. The maximum Gasteiger partial charge on any atom is 0.0342 e. The van der Waals surface area contributed by atoms with Gasteiger partial charge in [-0.3, -0.25) is 4.98 Å². The molecule has 0 radical (unpaired) electrons. The molecule has 0 aromatic carbocycles. The van der Waals surface area contributed by atoms with Crippen LogP contribution in [0, 0.1) is 5.92 Å². The first-order valence-corrected chi connectivity index (χ1v) is 5.89. The number of alkyl halides is 1. The van der Waals surface area contributed by atoms with E-state index < -0.39 is 0 Å². The number of nitrogens with zero attached hydrogens (tertiary/aromatic N) is 2. The maximum absolute atomic E-state index is 5.96. The van der Waals surface area contributed by atoms with E-state index in [0.29, 0.717) is 5.38 Å². The van der Waals surface area contributed by atoms with E-state index in [2.05, 4.69) is 29.1 Å². The molecule has 1 aliphatic carbocycles. The van der Waals surface area contributed by atoms with Crippen LogP contribution in [0.25, 0.3) is 0 Å². The highest BCUT2D eigenvalue weighted by Crippen LogP contribution is 2.32. The molecule has 0 atom stereocenters. The molecule has 82 valence electrons. The van der Waals surface area contributed by atoms with Gasteiger partial charge in [0.05, 0.1) is 0 Å². The normalized spacial score (nSPS) is 25.3. The number of halogens is 1. The van der Waals surface area contributed by atoms with E-state index in [-0.39, 0.29) is 0 Å². The van der Waals surface area contributed by atoms with Gasteiger partial charge in [0.15, 0.2) is 0 Å². The van der Waals surface area contributed by atoms with Crippen molar-refractivity contribution < 1.29 is 0 Å². The number of aromatic nitrogens is 1. The zero-order valence-electron chi connectivity index (χ0n) is 9.06. The molecule has 1 fully saturated rings. The van der Waals surface area contributed by atoms with Crippen molar-refractivity contribution in [3.63, 3.8) is 0 Å². The zero-order valence-corrected chi connectivity index (χ0v) is 9.82. The van der Waals surface area contributed by atoms with Gasteiger partial charge >= 0.3 is 0 Å². The summed E-state index contributed by atoms with van der Waals surface area (Å²) >= 11 is 5.96. The molecular formula is C12H17ClN2. The van der Waals surface area contributed by atoms with Crippen LogP contribution in [0.5, 0.6) is 0 Å². The van der Waals surface area contributed by atoms with Gasteiger partial charge in [0.25, 0.3) is 0 Å². The van der Waals surface area contributed by atoms with Crippen LogP contribution in [-0.4, -0.2) is 28.9 Å². The molecule has 1 heterocycles. The van der Waals surface area contributed by atoms with Crippen LogP contribution in [0.2, 0.25) is 0 Å². The Morgan fingerprint density at radius 1 is 1.40 bits per heavy atom. The van der Waals surface area contributed by atoms with E-state index in [0.717, 1.165) is 19.0 Å². The third-order valence-corrected chi connectivity index (χ3v) is 3.31. The Kier molecular flexibility index (Phi) is 3.60. The Hall–Kier alpha value is -0.600. The maximum atomic E-state index is 5.96. The van der Waals surface area contributed by atoms with E-state index >= 15 is 0 Å². The fourth-order valence-corrected chi connectivity index (χ4v) is 2.61. The van der Waals surface area contributed by atoms with Gasteiger partial charge in [-0.2, -0.15) is 0 Å². The molecule has 2 nitrogen and oxygen atoms in total. The topological polar surface area (TPSA) is 16.1 Å². The molecule has 0 unspecified atom stereocenters. The van der Waals surface area contributed by atoms with Crippen LogP contribution in [0.1, 0.15) is 18.4 Å². The minimum absolute atomic E-state index is 0.435. The minimum Gasteiger partial charge on any atom is -0.302 e. The Morgan fingerprint density at radius 3 is 2.67 bits per heavy atom. The summed E-state index contributed by atoms with van der Waals surface area (Å²) in [6, 6.07) is 4.14. The van der Waals surface area contributed by atoms with Crippen LogP contribution in [0.15, 0.2) is 24.5 Å². The van der Waals surface area contributed by atoms with Crippen LogP contribution in [0.4, 0.5) is 0 Å². The Morgan fingerprint density at radius 2 is 2.07 bits per heavy atom. The van der Waals surface area contributed by atoms with E-state index in [1.54, 1.807) is 0 Å². The van der Waals surface area contributed by atoms with Gasteiger partial charge in [-0.05, 0) is 43.5 Å². The molecule has 0 spiro atoms. The molecular weight excluding hydrogens is 208 g/mol. The van der Waals surface area contributed by atoms with Gasteiger partial charge in [0.2, 0.25) is 0 Å². The fourth-order valence-electron chi connectivity index (χ4n) is 2.11. The van der Waals surface area contributed by atoms with Crippen molar-refractivity contribution in [2.24, 2.45) is 5.92 Å². The Labute approximate surface area is 96.3 Å². The predicted molar refractivity (Wildman–Crippen MR) is 62.9 cm³/mol. The lowest BCUT2D eigenvalue weighted by Crippen LogP contribution is -2.34. The molecule has 0 N–H and O–H groups in total. The van der Waals surface area contributed by atoms with E-state index in [1.165, 1.54) is 18.4 Å². The third kappa shape index (κ3) is 3.18. The summed E-state index contributed by atoms with van der Waals surface area (Å²) in [6.07, 6.45) is 6.06. The fraction of sp³-hybridized carbons (Fsp3) is 0.583. The minimum atomic E-state index is 0.435. The molecule has 3 heteroatoms. The SMILES string of the molecule is CN(Cc1ccncc1)CC1CC(Cl)C1. The van der Waals surface area contributed by atoms with Crippen molar-refractivity contribution in [1.82, 2.24) is 9.88 Å². The molecule has 1 saturated carbocycles. The third-order valence-electron chi connectivity index (χ3n) is 2.95. The molecule has 0 amide bonds. The highest BCUT2D eigenvalue weighted by Gasteiger charge is 2.27. The second kappa shape index (κ2) is 4.95. The summed E-state index contributed by atoms with van der Waals surface area (Å²) < 4.78 is 0. The monoisotopic (exact) mass is 224 g/mol. The average molecular weight is 225 g/mol. The molecule has 2 rings (SSSR count). The lowest BCUT2D eigenvalue weighted by Gasteiger charge is -2.34. The van der Waals surface area contributed by atoms with Crippen LogP contribution in [-0.2, 0) is 6.54 Å². The average Bonchev–Trinajstić information content (AvgIpc) is 2.17. The molecule has 15 heavy (non-hydrogen) atoms. The number of rotatable bonds is 4. The van der Waals surface area contributed by atoms with Crippen molar-refractivity contribution in [1.29, 1.82) is 0 Å². The largest absolute Gasteiger partial charge is 0.302 e. The van der Waals surface area contributed by atoms with Gasteiger partial charge in [0, 0.05) is 30.9 Å². The van der Waals surface area contributed by atoms with Crippen molar-refractivity contribution in [3.8, 4) is 0 Å². The smallest absolute Gasteiger partial charge is 0.0342 e. The Bertz CT molecular complexity index is 296. The van der Waals surface area contributed by atoms with Crippen molar-refractivity contribution >= 4 is 11.6 Å². The first-order chi connectivity index (χ1) is 7.24. The number of hydrogen-bond acceptors (Lipinski definition) is 2. The van der Waals surface area contributed by atoms with Gasteiger partial charge in [-0.15, -0.1) is 11.6 Å². The van der Waals surface area contributed by atoms with Gasteiger partial charge in [0.1, 0.15) is 0 Å². The van der Waals surface area contributed by atoms with Crippen LogP contribution >= 0.6 is 11.6 Å². The summed E-state index contributed by atoms with van der Waals surface area (Å²) in [4.78, 5) is 6.38. The van der Waals surface area contributed by atoms with Gasteiger partial charge in [-0.25, -0.2) is 0 Å². The predicted octanol–water partition coefficient (Wildman–Crippen LogP) is 2.53. The van der Waals surface area contributed by atoms with E-state index in [4.69, 9.17) is 11.6 Å². The highest BCUT2D eigenvalue weighted by molar-refractivity contribution is 6.21. The van der Waals surface area contributed by atoms with Crippen molar-refractivity contribution in [3.05, 3.63) is 30.1 Å². The molecule has 1 aromatic heterocycles. The first kappa shape index (κ1) is 10.9. The van der Waals surface area contributed by atoms with Gasteiger partial charge in [-0.1, -0.05) is 0 Å². The summed E-state index contributed by atoms with van der Waals surface area (Å²) in [5.41, 5.74) is 1.33. The standard InChI is InChI=1S/C12H17ClN2/c1-15(9-11-6-12(13)7-11)8-10-2-4-14-5-3-10/h2-5,11-12H,6-9H2,1H3. The van der Waals surface area contributed by atoms with Crippen LogP contribution in [0.3, 0.4) is 0 Å². The molecule has 0 saturated heterocycles. The molecule has 0 aliphatic heterocycles. The lowest BCUT2D eigenvalue weighted by molar-refractivity contribution is 0.204. The highest BCUT2D eigenvalue weighted by atomic mass is 35.5. The summed E-state index contributed by atoms with van der Waals surface area (Å²) in [7, 11) is 2.17. The zero-order chi connectivity index (χ0) is 10.7. The summed E-state index contributed by atoms with van der Waals surface area (Å²) in [5.74, 6) is 0.805. The van der Waals surface area contributed by atoms with Crippen LogP contribution < -0.4 is 0 Å². The van der Waals surface area contributed by atoms with Crippen molar-refractivity contribution in [2.45, 2.75) is 24.8 Å². The van der Waals surface area contributed by atoms with E-state index in [9.17, 15) is 0 Å². The Balaban J connectivity index is 1.75. The van der Waals surface area contributed by atoms with Crippen molar-refractivity contribution in [2.75, 3.05) is 13.6 Å². The quantitative estimate of drug-likeness (QED) is 0.731. The van der Waals surface area contributed by atoms with Gasteiger partial charge < -0.3 is 4.90 Å². The second-order valence-electron chi connectivity index (χ2n) is 4.49. The lowest BCUT2D eigenvalue weighted by atomic mass is 9.84. The first-order valence-electron chi connectivity index (χ1n) is 5.45. The molecule has 1 aromatic rings. The molecule has 0 bridgehead atoms. The second-order valence-corrected chi connectivity index (χ2v) is 5.10. The molecule has 1 aliphatic rings.